The summed E-state index contributed by atoms with van der Waals surface area (Å²) in [5.74, 6) is -0.541. The normalized spacial score (nSPS) is 20.7. The van der Waals surface area contributed by atoms with Crippen molar-refractivity contribution in [1.29, 1.82) is 0 Å². The van der Waals surface area contributed by atoms with Gasteiger partial charge < -0.3 is 10.4 Å². The van der Waals surface area contributed by atoms with E-state index in [2.05, 4.69) is 21.7 Å². The third-order valence-electron chi connectivity index (χ3n) is 4.78. The van der Waals surface area contributed by atoms with Crippen LogP contribution in [-0.4, -0.2) is 27.6 Å². The monoisotopic (exact) mass is 347 g/mol. The molecule has 0 spiro atoms. The van der Waals surface area contributed by atoms with Gasteiger partial charge in [0.25, 0.3) is 5.91 Å². The fraction of sp³-hybridized carbons (Fsp3) is 0.150. The smallest absolute Gasteiger partial charge is 0.322 e. The standard InChI is InChI=1S/C20H17N3O3/c1-20(18(25)22-19(26)23-20)17(24)13-6-4-12(5-7-13)14-8-9-16-15(11-14)3-2-10-21-16/h2-11,17,24H,1H3,(H2,22,23,25,26)/t17-,20-/m1/s1. The Bertz CT molecular complexity index is 1020. The maximum atomic E-state index is 12.0. The SMILES string of the molecule is C[C@]1([C@H](O)c2ccc(-c3ccc4ncccc4c3)cc2)NC(=O)NC1=O. The van der Waals surface area contributed by atoms with Crippen LogP contribution in [-0.2, 0) is 4.79 Å². The fourth-order valence-corrected chi connectivity index (χ4v) is 3.20. The van der Waals surface area contributed by atoms with E-state index in [9.17, 15) is 14.7 Å². The second-order valence-corrected chi connectivity index (χ2v) is 6.55. The lowest BCUT2D eigenvalue weighted by Gasteiger charge is -2.27. The minimum atomic E-state index is -1.38. The topological polar surface area (TPSA) is 91.3 Å². The molecule has 1 fully saturated rings. The molecular weight excluding hydrogens is 330 g/mol. The van der Waals surface area contributed by atoms with Gasteiger partial charge >= 0.3 is 6.03 Å². The molecule has 3 amide bonds. The molecule has 1 aliphatic rings. The maximum absolute atomic E-state index is 12.0. The summed E-state index contributed by atoms with van der Waals surface area (Å²) in [6, 6.07) is 16.6. The van der Waals surface area contributed by atoms with Crippen LogP contribution in [0.25, 0.3) is 22.0 Å². The maximum Gasteiger partial charge on any atom is 0.322 e. The molecule has 0 aliphatic carbocycles. The highest BCUT2D eigenvalue weighted by atomic mass is 16.3. The first-order valence-corrected chi connectivity index (χ1v) is 8.24. The summed E-state index contributed by atoms with van der Waals surface area (Å²) in [6.45, 7) is 1.50. The number of urea groups is 1. The number of aromatic nitrogens is 1. The van der Waals surface area contributed by atoms with Crippen molar-refractivity contribution >= 4 is 22.8 Å². The Kier molecular flexibility index (Phi) is 3.70. The minimum Gasteiger partial charge on any atom is -0.385 e. The van der Waals surface area contributed by atoms with Crippen LogP contribution in [0, 0.1) is 0 Å². The van der Waals surface area contributed by atoms with E-state index in [1.54, 1.807) is 18.3 Å². The molecule has 6 nitrogen and oxygen atoms in total. The van der Waals surface area contributed by atoms with Gasteiger partial charge in [0.1, 0.15) is 11.6 Å². The molecule has 130 valence electrons. The van der Waals surface area contributed by atoms with Gasteiger partial charge in [-0.2, -0.15) is 0 Å². The molecule has 4 rings (SSSR count). The number of imide groups is 1. The van der Waals surface area contributed by atoms with Crippen molar-refractivity contribution in [3.05, 3.63) is 66.4 Å². The number of carbonyl (C=O) groups excluding carboxylic acids is 2. The zero-order chi connectivity index (χ0) is 18.3. The predicted octanol–water partition coefficient (Wildman–Crippen LogP) is 2.53. The van der Waals surface area contributed by atoms with Gasteiger partial charge in [0, 0.05) is 11.6 Å². The molecule has 1 saturated heterocycles. The number of carbonyl (C=O) groups is 2. The molecule has 1 aromatic heterocycles. The van der Waals surface area contributed by atoms with Crippen molar-refractivity contribution < 1.29 is 14.7 Å². The van der Waals surface area contributed by atoms with E-state index in [1.807, 2.05) is 36.4 Å². The molecule has 2 atom stereocenters. The highest BCUT2D eigenvalue weighted by Gasteiger charge is 2.48. The molecule has 0 bridgehead atoms. The lowest BCUT2D eigenvalue weighted by atomic mass is 9.88. The van der Waals surface area contributed by atoms with Crippen LogP contribution < -0.4 is 10.6 Å². The van der Waals surface area contributed by atoms with Crippen LogP contribution in [0.4, 0.5) is 4.79 Å². The average molecular weight is 347 g/mol. The molecular formula is C20H17N3O3. The van der Waals surface area contributed by atoms with Crippen LogP contribution in [0.2, 0.25) is 0 Å². The van der Waals surface area contributed by atoms with Gasteiger partial charge in [-0.1, -0.05) is 36.4 Å². The molecule has 2 aromatic carbocycles. The van der Waals surface area contributed by atoms with Crippen molar-refractivity contribution in [3.63, 3.8) is 0 Å². The van der Waals surface area contributed by atoms with E-state index >= 15 is 0 Å². The number of pyridine rings is 1. The van der Waals surface area contributed by atoms with Crippen molar-refractivity contribution in [2.45, 2.75) is 18.6 Å². The third-order valence-corrected chi connectivity index (χ3v) is 4.78. The number of hydrogen-bond donors (Lipinski definition) is 3. The molecule has 6 heteroatoms. The lowest BCUT2D eigenvalue weighted by Crippen LogP contribution is -2.49. The highest BCUT2D eigenvalue weighted by molar-refractivity contribution is 6.07. The first-order chi connectivity index (χ1) is 12.5. The van der Waals surface area contributed by atoms with Crippen LogP contribution in [0.3, 0.4) is 0 Å². The molecule has 3 aromatic rings. The number of aliphatic hydroxyl groups excluding tert-OH is 1. The van der Waals surface area contributed by atoms with Gasteiger partial charge in [-0.05, 0) is 41.8 Å². The van der Waals surface area contributed by atoms with E-state index in [4.69, 9.17) is 0 Å². The van der Waals surface area contributed by atoms with Crippen molar-refractivity contribution in [2.75, 3.05) is 0 Å². The number of amides is 3. The number of benzene rings is 2. The van der Waals surface area contributed by atoms with Crippen LogP contribution in [0.5, 0.6) is 0 Å². The van der Waals surface area contributed by atoms with Crippen LogP contribution in [0.1, 0.15) is 18.6 Å². The summed E-state index contributed by atoms with van der Waals surface area (Å²) < 4.78 is 0. The summed E-state index contributed by atoms with van der Waals surface area (Å²) in [4.78, 5) is 27.7. The molecule has 26 heavy (non-hydrogen) atoms. The second-order valence-electron chi connectivity index (χ2n) is 6.55. The van der Waals surface area contributed by atoms with Gasteiger partial charge in [-0.3, -0.25) is 15.1 Å². The van der Waals surface area contributed by atoms with E-state index in [0.29, 0.717) is 5.56 Å². The van der Waals surface area contributed by atoms with Gasteiger partial charge in [0.05, 0.1) is 5.52 Å². The second kappa shape index (κ2) is 5.93. The van der Waals surface area contributed by atoms with Crippen molar-refractivity contribution in [2.24, 2.45) is 0 Å². The van der Waals surface area contributed by atoms with Gasteiger partial charge in [0.2, 0.25) is 0 Å². The van der Waals surface area contributed by atoms with Gasteiger partial charge in [-0.25, -0.2) is 4.79 Å². The molecule has 0 radical (unpaired) electrons. The Hall–Kier alpha value is -3.25. The molecule has 2 heterocycles. The van der Waals surface area contributed by atoms with Crippen molar-refractivity contribution in [3.8, 4) is 11.1 Å². The van der Waals surface area contributed by atoms with Gasteiger partial charge in [-0.15, -0.1) is 0 Å². The number of aliphatic hydroxyl groups is 1. The molecule has 3 N–H and O–H groups in total. The largest absolute Gasteiger partial charge is 0.385 e. The van der Waals surface area contributed by atoms with Gasteiger partial charge in [0.15, 0.2) is 0 Å². The average Bonchev–Trinajstić information content (AvgIpc) is 2.93. The fourth-order valence-electron chi connectivity index (χ4n) is 3.20. The molecule has 0 unspecified atom stereocenters. The number of nitrogens with one attached hydrogen (secondary N) is 2. The summed E-state index contributed by atoms with van der Waals surface area (Å²) >= 11 is 0. The van der Waals surface area contributed by atoms with Crippen molar-refractivity contribution in [1.82, 2.24) is 15.6 Å². The van der Waals surface area contributed by atoms with E-state index in [1.165, 1.54) is 6.92 Å². The Balaban J connectivity index is 1.64. The predicted molar refractivity (Wildman–Crippen MR) is 97.2 cm³/mol. The molecule has 1 aliphatic heterocycles. The Morgan fingerprint density at radius 2 is 1.77 bits per heavy atom. The quantitative estimate of drug-likeness (QED) is 0.635. The first-order valence-electron chi connectivity index (χ1n) is 8.24. The Morgan fingerprint density at radius 3 is 2.46 bits per heavy atom. The first kappa shape index (κ1) is 16.2. The lowest BCUT2D eigenvalue weighted by molar-refractivity contribution is -0.127. The summed E-state index contributed by atoms with van der Waals surface area (Å²) in [5.41, 5.74) is 2.12. The van der Waals surface area contributed by atoms with E-state index < -0.39 is 23.6 Å². The summed E-state index contributed by atoms with van der Waals surface area (Å²) in [7, 11) is 0. The summed E-state index contributed by atoms with van der Waals surface area (Å²) in [6.07, 6.45) is 0.611. The highest BCUT2D eigenvalue weighted by Crippen LogP contribution is 2.30. The summed E-state index contributed by atoms with van der Waals surface area (Å²) in [5, 5.41) is 16.3. The number of fused-ring (bicyclic) bond motifs is 1. The van der Waals surface area contributed by atoms with Crippen LogP contribution in [0.15, 0.2) is 60.8 Å². The van der Waals surface area contributed by atoms with E-state index in [-0.39, 0.29) is 0 Å². The number of nitrogens with zero attached hydrogens (tertiary/aromatic N) is 1. The number of hydrogen-bond acceptors (Lipinski definition) is 4. The third kappa shape index (κ3) is 2.60. The zero-order valence-corrected chi connectivity index (χ0v) is 14.1. The Morgan fingerprint density at radius 1 is 1.04 bits per heavy atom. The van der Waals surface area contributed by atoms with Crippen LogP contribution >= 0.6 is 0 Å². The Labute approximate surface area is 149 Å². The van der Waals surface area contributed by atoms with E-state index in [0.717, 1.165) is 22.0 Å². The number of rotatable bonds is 3. The minimum absolute atomic E-state index is 0.541. The molecule has 0 saturated carbocycles. The zero-order valence-electron chi connectivity index (χ0n) is 14.1.